The van der Waals surface area contributed by atoms with E-state index in [-0.39, 0.29) is 0 Å². The van der Waals surface area contributed by atoms with Gasteiger partial charge in [0.25, 0.3) is 0 Å². The Morgan fingerprint density at radius 1 is 1.63 bits per heavy atom. The Kier molecular flexibility index (Phi) is 6.07. The van der Waals surface area contributed by atoms with Gasteiger partial charge in [-0.1, -0.05) is 6.92 Å². The maximum atomic E-state index is 5.84. The van der Waals surface area contributed by atoms with Crippen molar-refractivity contribution in [2.45, 2.75) is 38.1 Å². The van der Waals surface area contributed by atoms with Gasteiger partial charge < -0.3 is 4.74 Å². The number of alkyl halides is 1. The highest BCUT2D eigenvalue weighted by Crippen LogP contribution is 2.28. The Bertz CT molecular complexity index is 379. The second kappa shape index (κ2) is 7.58. The lowest BCUT2D eigenvalue weighted by molar-refractivity contribution is 0.0356. The van der Waals surface area contributed by atoms with Crippen LogP contribution in [-0.4, -0.2) is 36.7 Å². The third kappa shape index (κ3) is 4.15. The first kappa shape index (κ1) is 15.2. The summed E-state index contributed by atoms with van der Waals surface area (Å²) >= 11 is 7.57. The highest BCUT2D eigenvalue weighted by atomic mass is 35.5. The molecule has 0 radical (unpaired) electrons. The minimum absolute atomic E-state index is 0.406. The highest BCUT2D eigenvalue weighted by Gasteiger charge is 2.23. The monoisotopic (exact) mass is 302 g/mol. The van der Waals surface area contributed by atoms with Crippen LogP contribution in [0.15, 0.2) is 5.38 Å². The largest absolute Gasteiger partial charge is 0.381 e. The molecule has 0 bridgehead atoms. The Morgan fingerprint density at radius 3 is 3.05 bits per heavy atom. The first-order valence-corrected chi connectivity index (χ1v) is 8.44. The van der Waals surface area contributed by atoms with E-state index in [0.717, 1.165) is 31.9 Å². The van der Waals surface area contributed by atoms with Crippen LogP contribution < -0.4 is 0 Å². The van der Waals surface area contributed by atoms with E-state index in [2.05, 4.69) is 29.2 Å². The van der Waals surface area contributed by atoms with Gasteiger partial charge >= 0.3 is 0 Å². The molecule has 1 fully saturated rings. The maximum absolute atomic E-state index is 5.84. The minimum Gasteiger partial charge on any atom is -0.381 e. The average Bonchev–Trinajstić information content (AvgIpc) is 2.89. The Morgan fingerprint density at radius 2 is 2.47 bits per heavy atom. The molecular formula is C14H23ClN2OS. The van der Waals surface area contributed by atoms with Crippen LogP contribution in [0.5, 0.6) is 0 Å². The van der Waals surface area contributed by atoms with Gasteiger partial charge in [0.2, 0.25) is 0 Å². The lowest BCUT2D eigenvalue weighted by Crippen LogP contribution is -2.33. The number of halogens is 1. The number of rotatable bonds is 6. The van der Waals surface area contributed by atoms with Crippen molar-refractivity contribution in [3.8, 4) is 0 Å². The summed E-state index contributed by atoms with van der Waals surface area (Å²) in [5, 5.41) is 3.26. The van der Waals surface area contributed by atoms with Gasteiger partial charge in [-0.2, -0.15) is 0 Å². The smallest absolute Gasteiger partial charge is 0.110 e. The Hall–Kier alpha value is -0.160. The SMILES string of the molecule is CCC(c1nc(CCl)cs1)N(C)CC1CCCOC1. The van der Waals surface area contributed by atoms with E-state index < -0.39 is 0 Å². The Labute approximate surface area is 124 Å². The van der Waals surface area contributed by atoms with E-state index in [4.69, 9.17) is 16.3 Å². The number of thiazole rings is 1. The molecule has 1 aliphatic rings. The van der Waals surface area contributed by atoms with Crippen LogP contribution in [-0.2, 0) is 10.6 Å². The molecule has 3 nitrogen and oxygen atoms in total. The van der Waals surface area contributed by atoms with Gasteiger partial charge in [-0.3, -0.25) is 4.90 Å². The van der Waals surface area contributed by atoms with Crippen molar-refractivity contribution in [3.05, 3.63) is 16.1 Å². The zero-order valence-electron chi connectivity index (χ0n) is 11.8. The summed E-state index contributed by atoms with van der Waals surface area (Å²) in [6.07, 6.45) is 3.56. The van der Waals surface area contributed by atoms with Crippen molar-refractivity contribution in [1.82, 2.24) is 9.88 Å². The van der Waals surface area contributed by atoms with E-state index in [1.54, 1.807) is 11.3 Å². The molecule has 2 rings (SSSR count). The van der Waals surface area contributed by atoms with Gasteiger partial charge in [-0.05, 0) is 32.2 Å². The fraction of sp³-hybridized carbons (Fsp3) is 0.786. The zero-order valence-corrected chi connectivity index (χ0v) is 13.3. The summed E-state index contributed by atoms with van der Waals surface area (Å²) in [5.74, 6) is 1.17. The zero-order chi connectivity index (χ0) is 13.7. The normalized spacial score (nSPS) is 21.8. The van der Waals surface area contributed by atoms with Gasteiger partial charge in [-0.25, -0.2) is 4.98 Å². The molecule has 0 saturated carbocycles. The van der Waals surface area contributed by atoms with Crippen molar-refractivity contribution >= 4 is 22.9 Å². The van der Waals surface area contributed by atoms with E-state index in [1.807, 2.05) is 0 Å². The second-order valence-electron chi connectivity index (χ2n) is 5.26. The molecule has 0 spiro atoms. The summed E-state index contributed by atoms with van der Waals surface area (Å²) in [7, 11) is 2.20. The number of nitrogens with zero attached hydrogens (tertiary/aromatic N) is 2. The van der Waals surface area contributed by atoms with Gasteiger partial charge in [0.15, 0.2) is 0 Å². The standard InChI is InChI=1S/C14H23ClN2OS/c1-3-13(14-16-12(7-15)10-19-14)17(2)8-11-5-4-6-18-9-11/h10-11,13H,3-9H2,1-2H3. The van der Waals surface area contributed by atoms with Crippen LogP contribution in [0.3, 0.4) is 0 Å². The molecule has 1 aromatic rings. The van der Waals surface area contributed by atoms with Crippen LogP contribution in [0.1, 0.15) is 42.9 Å². The Balaban J connectivity index is 1.95. The lowest BCUT2D eigenvalue weighted by atomic mass is 10.0. The van der Waals surface area contributed by atoms with E-state index in [9.17, 15) is 0 Å². The molecule has 2 atom stereocenters. The maximum Gasteiger partial charge on any atom is 0.110 e. The predicted molar refractivity (Wildman–Crippen MR) is 80.9 cm³/mol. The molecule has 0 aliphatic carbocycles. The summed E-state index contributed by atoms with van der Waals surface area (Å²) < 4.78 is 5.57. The van der Waals surface area contributed by atoms with Crippen LogP contribution in [0.4, 0.5) is 0 Å². The molecule has 2 heterocycles. The fourth-order valence-electron chi connectivity index (χ4n) is 2.70. The van der Waals surface area contributed by atoms with Crippen molar-refractivity contribution in [1.29, 1.82) is 0 Å². The van der Waals surface area contributed by atoms with E-state index in [1.165, 1.54) is 17.8 Å². The molecule has 1 saturated heterocycles. The molecule has 1 aromatic heterocycles. The summed E-state index contributed by atoms with van der Waals surface area (Å²) in [6, 6.07) is 0.406. The first-order chi connectivity index (χ1) is 9.24. The minimum atomic E-state index is 0.406. The number of ether oxygens (including phenoxy) is 1. The average molecular weight is 303 g/mol. The van der Waals surface area contributed by atoms with Gasteiger partial charge in [0.05, 0.1) is 24.2 Å². The summed E-state index contributed by atoms with van der Waals surface area (Å²) in [4.78, 5) is 7.05. The quantitative estimate of drug-likeness (QED) is 0.749. The predicted octanol–water partition coefficient (Wildman–Crippen LogP) is 3.69. The lowest BCUT2D eigenvalue weighted by Gasteiger charge is -2.31. The van der Waals surface area contributed by atoms with Crippen molar-refractivity contribution in [3.63, 3.8) is 0 Å². The molecule has 2 unspecified atom stereocenters. The summed E-state index contributed by atoms with van der Waals surface area (Å²) in [5.41, 5.74) is 0.995. The third-order valence-electron chi connectivity index (χ3n) is 3.71. The molecule has 0 N–H and O–H groups in total. The molecule has 1 aliphatic heterocycles. The van der Waals surface area contributed by atoms with Crippen molar-refractivity contribution in [2.24, 2.45) is 5.92 Å². The first-order valence-electron chi connectivity index (χ1n) is 7.02. The van der Waals surface area contributed by atoms with Crippen LogP contribution in [0, 0.1) is 5.92 Å². The molecular weight excluding hydrogens is 280 g/mol. The highest BCUT2D eigenvalue weighted by molar-refractivity contribution is 7.09. The number of hydrogen-bond donors (Lipinski definition) is 0. The van der Waals surface area contributed by atoms with Gasteiger partial charge in [0.1, 0.15) is 5.01 Å². The fourth-order valence-corrected chi connectivity index (χ4v) is 3.99. The number of aromatic nitrogens is 1. The number of hydrogen-bond acceptors (Lipinski definition) is 4. The molecule has 108 valence electrons. The van der Waals surface area contributed by atoms with Gasteiger partial charge in [0, 0.05) is 18.5 Å². The van der Waals surface area contributed by atoms with Gasteiger partial charge in [-0.15, -0.1) is 22.9 Å². The van der Waals surface area contributed by atoms with Crippen LogP contribution in [0.25, 0.3) is 0 Å². The van der Waals surface area contributed by atoms with E-state index in [0.29, 0.717) is 17.8 Å². The second-order valence-corrected chi connectivity index (χ2v) is 6.41. The van der Waals surface area contributed by atoms with Crippen molar-refractivity contribution in [2.75, 3.05) is 26.8 Å². The molecule has 0 amide bonds. The van der Waals surface area contributed by atoms with Crippen molar-refractivity contribution < 1.29 is 4.74 Å². The molecule has 5 heteroatoms. The van der Waals surface area contributed by atoms with E-state index >= 15 is 0 Å². The van der Waals surface area contributed by atoms with Crippen LogP contribution >= 0.6 is 22.9 Å². The third-order valence-corrected chi connectivity index (χ3v) is 4.98. The van der Waals surface area contributed by atoms with Crippen LogP contribution in [0.2, 0.25) is 0 Å². The topological polar surface area (TPSA) is 25.4 Å². The molecule has 0 aromatic carbocycles. The summed E-state index contributed by atoms with van der Waals surface area (Å²) in [6.45, 7) is 5.16. The molecule has 19 heavy (non-hydrogen) atoms.